The van der Waals surface area contributed by atoms with Crippen LogP contribution in [0.25, 0.3) is 0 Å². The van der Waals surface area contributed by atoms with Crippen molar-refractivity contribution in [1.29, 1.82) is 0 Å². The molecule has 7 heteroatoms. The molecule has 7 nitrogen and oxygen atoms in total. The highest BCUT2D eigenvalue weighted by molar-refractivity contribution is 5.98. The molecule has 33 heavy (non-hydrogen) atoms. The lowest BCUT2D eigenvalue weighted by atomic mass is 9.76. The fourth-order valence-electron chi connectivity index (χ4n) is 4.70. The van der Waals surface area contributed by atoms with Gasteiger partial charge in [-0.05, 0) is 79.7 Å². The maximum atomic E-state index is 13.4. The Kier molecular flexibility index (Phi) is 6.77. The Hall–Kier alpha value is -3.22. The Bertz CT molecular complexity index is 1040. The number of pyridine rings is 1. The lowest BCUT2D eigenvalue weighted by Crippen LogP contribution is -2.24. The van der Waals surface area contributed by atoms with Gasteiger partial charge in [-0.2, -0.15) is 0 Å². The minimum Gasteiger partial charge on any atom is -0.443 e. The van der Waals surface area contributed by atoms with Crippen molar-refractivity contribution < 1.29 is 19.1 Å². The van der Waals surface area contributed by atoms with Crippen LogP contribution in [-0.4, -0.2) is 41.8 Å². The van der Waals surface area contributed by atoms with Crippen molar-refractivity contribution in [2.45, 2.75) is 57.0 Å². The van der Waals surface area contributed by atoms with Crippen LogP contribution < -0.4 is 5.73 Å². The number of hydrogen-bond donors (Lipinski definition) is 1. The van der Waals surface area contributed by atoms with Crippen molar-refractivity contribution in [3.05, 3.63) is 64.5 Å². The number of rotatable bonds is 7. The van der Waals surface area contributed by atoms with Crippen molar-refractivity contribution in [1.82, 2.24) is 9.88 Å². The zero-order valence-corrected chi connectivity index (χ0v) is 19.3. The molecule has 1 aromatic heterocycles. The molecule has 2 amide bonds. The van der Waals surface area contributed by atoms with Crippen molar-refractivity contribution in [2.75, 3.05) is 14.1 Å². The van der Waals surface area contributed by atoms with E-state index < -0.39 is 6.09 Å². The smallest absolute Gasteiger partial charge is 0.404 e. The summed E-state index contributed by atoms with van der Waals surface area (Å²) in [5.41, 5.74) is 9.08. The number of nitrogens with zero attached hydrogens (tertiary/aromatic N) is 2. The lowest BCUT2D eigenvalue weighted by Gasteiger charge is -2.28. The van der Waals surface area contributed by atoms with Crippen LogP contribution in [0.2, 0.25) is 0 Å². The van der Waals surface area contributed by atoms with E-state index in [1.54, 1.807) is 19.0 Å². The molecule has 4 rings (SSSR count). The topological polar surface area (TPSA) is 103 Å². The van der Waals surface area contributed by atoms with Gasteiger partial charge in [0, 0.05) is 25.6 Å². The molecule has 0 bridgehead atoms. The highest BCUT2D eigenvalue weighted by Crippen LogP contribution is 2.43. The third kappa shape index (κ3) is 5.41. The quantitative estimate of drug-likeness (QED) is 0.631. The van der Waals surface area contributed by atoms with Gasteiger partial charge in [0.25, 0.3) is 5.91 Å². The first-order valence-corrected chi connectivity index (χ1v) is 11.6. The normalized spacial score (nSPS) is 20.2. The van der Waals surface area contributed by atoms with Gasteiger partial charge in [-0.3, -0.25) is 9.59 Å². The molecule has 2 aromatic rings. The molecule has 2 aliphatic carbocycles. The number of benzene rings is 1. The largest absolute Gasteiger partial charge is 0.443 e. The van der Waals surface area contributed by atoms with E-state index in [0.717, 1.165) is 44.1 Å². The molecule has 0 radical (unpaired) electrons. The summed E-state index contributed by atoms with van der Waals surface area (Å²) in [4.78, 5) is 42.6. The number of hydrogen-bond acceptors (Lipinski definition) is 5. The summed E-state index contributed by atoms with van der Waals surface area (Å²) in [7, 11) is 3.50. The maximum absolute atomic E-state index is 13.4. The van der Waals surface area contributed by atoms with Crippen LogP contribution in [-0.2, 0) is 11.3 Å². The molecule has 2 saturated carbocycles. The SMILES string of the molecule is CN(C)C(=O)c1ccc(C2CCC(C(=O)c3nc(COC(N)=O)ccc3C3CC3)CC2)cc1. The molecule has 1 heterocycles. The molecule has 174 valence electrons. The van der Waals surface area contributed by atoms with E-state index in [2.05, 4.69) is 4.98 Å². The predicted molar refractivity (Wildman–Crippen MR) is 124 cm³/mol. The van der Waals surface area contributed by atoms with Crippen molar-refractivity contribution >= 4 is 17.8 Å². The molecule has 0 atom stereocenters. The summed E-state index contributed by atoms with van der Waals surface area (Å²) >= 11 is 0. The van der Waals surface area contributed by atoms with E-state index in [0.29, 0.717) is 28.8 Å². The zero-order valence-electron chi connectivity index (χ0n) is 19.3. The first kappa shape index (κ1) is 23.0. The number of carbonyl (C=O) groups is 3. The van der Waals surface area contributed by atoms with E-state index >= 15 is 0 Å². The van der Waals surface area contributed by atoms with Gasteiger partial charge in [0.1, 0.15) is 12.3 Å². The van der Waals surface area contributed by atoms with Gasteiger partial charge < -0.3 is 15.4 Å². The van der Waals surface area contributed by atoms with Gasteiger partial charge in [-0.1, -0.05) is 18.2 Å². The average molecular weight is 450 g/mol. The molecule has 0 saturated heterocycles. The third-order valence-electron chi connectivity index (χ3n) is 6.73. The molecule has 0 aliphatic heterocycles. The summed E-state index contributed by atoms with van der Waals surface area (Å²) in [6.07, 6.45) is 4.80. The number of Topliss-reactive ketones (excluding diaryl/α,β-unsaturated/α-hetero) is 1. The second kappa shape index (κ2) is 9.73. The van der Waals surface area contributed by atoms with Crippen molar-refractivity contribution in [3.8, 4) is 0 Å². The summed E-state index contributed by atoms with van der Waals surface area (Å²) in [5.74, 6) is 0.848. The molecule has 2 aliphatic rings. The Morgan fingerprint density at radius 3 is 2.15 bits per heavy atom. The van der Waals surface area contributed by atoms with Crippen LogP contribution in [0.3, 0.4) is 0 Å². The summed E-state index contributed by atoms with van der Waals surface area (Å²) in [6, 6.07) is 11.6. The fourth-order valence-corrected chi connectivity index (χ4v) is 4.70. The number of amides is 2. The molecule has 0 spiro atoms. The standard InChI is InChI=1S/C26H31N3O4/c1-29(2)25(31)20-11-5-17(6-12-20)16-3-9-19(10-4-16)24(30)23-22(18-7-8-18)14-13-21(28-23)15-33-26(27)32/h5-6,11-14,16,18-19H,3-4,7-10,15H2,1-2H3,(H2,27,32). The first-order chi connectivity index (χ1) is 15.8. The van der Waals surface area contributed by atoms with Gasteiger partial charge in [0.05, 0.1) is 5.69 Å². The number of carbonyl (C=O) groups excluding carboxylic acids is 3. The first-order valence-electron chi connectivity index (χ1n) is 11.6. The van der Waals surface area contributed by atoms with E-state index in [1.165, 1.54) is 5.56 Å². The second-order valence-electron chi connectivity index (χ2n) is 9.36. The van der Waals surface area contributed by atoms with E-state index in [1.807, 2.05) is 36.4 Å². The van der Waals surface area contributed by atoms with Crippen LogP contribution in [0, 0.1) is 5.92 Å². The van der Waals surface area contributed by atoms with Crippen LogP contribution in [0.4, 0.5) is 4.79 Å². The monoisotopic (exact) mass is 449 g/mol. The van der Waals surface area contributed by atoms with E-state index in [-0.39, 0.29) is 24.2 Å². The predicted octanol–water partition coefficient (Wildman–Crippen LogP) is 4.41. The minimum absolute atomic E-state index is 0.00159. The van der Waals surface area contributed by atoms with E-state index in [4.69, 9.17) is 10.5 Å². The summed E-state index contributed by atoms with van der Waals surface area (Å²) in [6.45, 7) is -0.0282. The molecule has 1 aromatic carbocycles. The molecule has 2 fully saturated rings. The maximum Gasteiger partial charge on any atom is 0.404 e. The Balaban J connectivity index is 1.42. The van der Waals surface area contributed by atoms with Crippen LogP contribution in [0.15, 0.2) is 36.4 Å². The number of aromatic nitrogens is 1. The van der Waals surface area contributed by atoms with Crippen LogP contribution in [0.5, 0.6) is 0 Å². The Morgan fingerprint density at radius 1 is 0.939 bits per heavy atom. The number of ether oxygens (including phenoxy) is 1. The van der Waals surface area contributed by atoms with E-state index in [9.17, 15) is 14.4 Å². The molecule has 0 unspecified atom stereocenters. The van der Waals surface area contributed by atoms with Gasteiger partial charge in [-0.15, -0.1) is 0 Å². The molecular formula is C26H31N3O4. The van der Waals surface area contributed by atoms with Gasteiger partial charge >= 0.3 is 6.09 Å². The number of nitrogens with two attached hydrogens (primary N) is 1. The second-order valence-corrected chi connectivity index (χ2v) is 9.36. The average Bonchev–Trinajstić information content (AvgIpc) is 3.67. The number of primary amides is 1. The summed E-state index contributed by atoms with van der Waals surface area (Å²) in [5, 5.41) is 0. The number of ketones is 1. The third-order valence-corrected chi connectivity index (χ3v) is 6.73. The summed E-state index contributed by atoms with van der Waals surface area (Å²) < 4.78 is 4.86. The lowest BCUT2D eigenvalue weighted by molar-refractivity contribution is 0.0826. The molecular weight excluding hydrogens is 418 g/mol. The Labute approximate surface area is 194 Å². The highest BCUT2D eigenvalue weighted by atomic mass is 16.5. The van der Waals surface area contributed by atoms with Crippen LogP contribution in [0.1, 0.15) is 88.0 Å². The minimum atomic E-state index is -0.853. The van der Waals surface area contributed by atoms with Gasteiger partial charge in [0.2, 0.25) is 0 Å². The van der Waals surface area contributed by atoms with Crippen molar-refractivity contribution in [3.63, 3.8) is 0 Å². The van der Waals surface area contributed by atoms with Gasteiger partial charge in [-0.25, -0.2) is 9.78 Å². The molecule has 2 N–H and O–H groups in total. The van der Waals surface area contributed by atoms with Crippen LogP contribution >= 0.6 is 0 Å². The van der Waals surface area contributed by atoms with Crippen molar-refractivity contribution in [2.24, 2.45) is 11.7 Å². The van der Waals surface area contributed by atoms with Gasteiger partial charge in [0.15, 0.2) is 5.78 Å². The fraction of sp³-hybridized carbons (Fsp3) is 0.462. The highest BCUT2D eigenvalue weighted by Gasteiger charge is 2.34. The Morgan fingerprint density at radius 2 is 1.58 bits per heavy atom. The zero-order chi connectivity index (χ0) is 23.5.